The van der Waals surface area contributed by atoms with Gasteiger partial charge in [0.25, 0.3) is 0 Å². The standard InChI is InChI=1S/C11H18N4O3S/c1-8-11(9(2)13-12-8)19(16,17)15-6-4-10(5-7-15)14-18-3/h4-7H2,1-3H3,(H,12,13). The van der Waals surface area contributed by atoms with E-state index in [9.17, 15) is 8.42 Å². The van der Waals surface area contributed by atoms with E-state index in [-0.39, 0.29) is 0 Å². The van der Waals surface area contributed by atoms with Crippen molar-refractivity contribution in [3.05, 3.63) is 11.4 Å². The maximum Gasteiger partial charge on any atom is 0.246 e. The summed E-state index contributed by atoms with van der Waals surface area (Å²) in [5.41, 5.74) is 1.98. The summed E-state index contributed by atoms with van der Waals surface area (Å²) in [6.45, 7) is 4.26. The number of oxime groups is 1. The van der Waals surface area contributed by atoms with Crippen LogP contribution in [0.5, 0.6) is 0 Å². The molecule has 0 amide bonds. The Bertz CT molecular complexity index is 562. The van der Waals surface area contributed by atoms with E-state index in [0.717, 1.165) is 5.71 Å². The summed E-state index contributed by atoms with van der Waals surface area (Å²) in [5, 5.41) is 10.5. The van der Waals surface area contributed by atoms with Crippen LogP contribution in [0.25, 0.3) is 0 Å². The molecule has 1 aromatic rings. The second-order valence-electron chi connectivity index (χ2n) is 4.51. The molecule has 2 rings (SSSR count). The molecular weight excluding hydrogens is 268 g/mol. The first-order chi connectivity index (χ1) is 8.96. The number of H-pyrrole nitrogens is 1. The SMILES string of the molecule is CON=C1CCN(S(=O)(=O)c2c(C)n[nH]c2C)CC1. The molecule has 0 atom stereocenters. The van der Waals surface area contributed by atoms with Crippen molar-refractivity contribution in [1.82, 2.24) is 14.5 Å². The van der Waals surface area contributed by atoms with Crippen molar-refractivity contribution in [2.24, 2.45) is 5.16 Å². The van der Waals surface area contributed by atoms with Gasteiger partial charge in [-0.1, -0.05) is 5.16 Å². The fraction of sp³-hybridized carbons (Fsp3) is 0.636. The molecular formula is C11H18N4O3S. The number of nitrogens with one attached hydrogen (secondary N) is 1. The highest BCUT2D eigenvalue weighted by atomic mass is 32.2. The molecule has 1 aromatic heterocycles. The zero-order valence-corrected chi connectivity index (χ0v) is 12.1. The molecule has 106 valence electrons. The Labute approximate surface area is 112 Å². The van der Waals surface area contributed by atoms with Gasteiger partial charge in [0, 0.05) is 25.9 Å². The number of sulfonamides is 1. The zero-order valence-electron chi connectivity index (χ0n) is 11.3. The molecule has 19 heavy (non-hydrogen) atoms. The number of aryl methyl sites for hydroxylation is 2. The Balaban J connectivity index is 2.21. The van der Waals surface area contributed by atoms with Crippen LogP contribution in [-0.2, 0) is 14.9 Å². The fourth-order valence-corrected chi connectivity index (χ4v) is 4.03. The minimum absolute atomic E-state index is 0.291. The van der Waals surface area contributed by atoms with Crippen molar-refractivity contribution < 1.29 is 13.3 Å². The second kappa shape index (κ2) is 5.30. The molecule has 1 aliphatic rings. The van der Waals surface area contributed by atoms with Crippen molar-refractivity contribution in [1.29, 1.82) is 0 Å². The molecule has 1 N–H and O–H groups in total. The van der Waals surface area contributed by atoms with Crippen molar-refractivity contribution in [2.75, 3.05) is 20.2 Å². The van der Waals surface area contributed by atoms with E-state index in [1.165, 1.54) is 11.4 Å². The molecule has 0 aromatic carbocycles. The van der Waals surface area contributed by atoms with Gasteiger partial charge in [-0.15, -0.1) is 0 Å². The average Bonchev–Trinajstić information content (AvgIpc) is 2.70. The molecule has 0 saturated carbocycles. The van der Waals surface area contributed by atoms with Gasteiger partial charge in [0.15, 0.2) is 0 Å². The molecule has 0 spiro atoms. The Morgan fingerprint density at radius 2 is 1.95 bits per heavy atom. The Morgan fingerprint density at radius 1 is 1.32 bits per heavy atom. The highest BCUT2D eigenvalue weighted by Gasteiger charge is 2.31. The van der Waals surface area contributed by atoms with E-state index in [2.05, 4.69) is 15.4 Å². The quantitative estimate of drug-likeness (QED) is 0.833. The van der Waals surface area contributed by atoms with E-state index in [4.69, 9.17) is 4.84 Å². The predicted molar refractivity (Wildman–Crippen MR) is 70.5 cm³/mol. The summed E-state index contributed by atoms with van der Waals surface area (Å²) in [4.78, 5) is 5.01. The summed E-state index contributed by atoms with van der Waals surface area (Å²) in [7, 11) is -1.98. The summed E-state index contributed by atoms with van der Waals surface area (Å²) in [5.74, 6) is 0. The molecule has 0 aliphatic carbocycles. The normalized spacial score (nSPS) is 17.5. The molecule has 8 heteroatoms. The van der Waals surface area contributed by atoms with Crippen molar-refractivity contribution >= 4 is 15.7 Å². The first kappa shape index (κ1) is 14.0. The number of rotatable bonds is 3. The Kier molecular flexibility index (Phi) is 3.91. The van der Waals surface area contributed by atoms with E-state index in [1.807, 2.05) is 0 Å². The largest absolute Gasteiger partial charge is 0.399 e. The van der Waals surface area contributed by atoms with Crippen LogP contribution in [0.15, 0.2) is 10.1 Å². The van der Waals surface area contributed by atoms with Crippen LogP contribution in [-0.4, -0.2) is 48.8 Å². The lowest BCUT2D eigenvalue weighted by molar-refractivity contribution is 0.209. The number of aromatic amines is 1. The van der Waals surface area contributed by atoms with E-state index in [1.54, 1.807) is 13.8 Å². The molecule has 1 aliphatic heterocycles. The third-order valence-corrected chi connectivity index (χ3v) is 5.34. The van der Waals surface area contributed by atoms with Gasteiger partial charge < -0.3 is 4.84 Å². The lowest BCUT2D eigenvalue weighted by atomic mass is 10.1. The van der Waals surface area contributed by atoms with Crippen LogP contribution < -0.4 is 0 Å². The summed E-state index contributed by atoms with van der Waals surface area (Å²) in [6.07, 6.45) is 1.20. The van der Waals surface area contributed by atoms with Gasteiger partial charge in [-0.25, -0.2) is 8.42 Å². The predicted octanol–water partition coefficient (Wildman–Crippen LogP) is 0.813. The summed E-state index contributed by atoms with van der Waals surface area (Å²) in [6, 6.07) is 0. The maximum absolute atomic E-state index is 12.5. The third-order valence-electron chi connectivity index (χ3n) is 3.18. The van der Waals surface area contributed by atoms with Crippen molar-refractivity contribution in [3.8, 4) is 0 Å². The van der Waals surface area contributed by atoms with Gasteiger partial charge in [0.1, 0.15) is 12.0 Å². The van der Waals surface area contributed by atoms with Crippen LogP contribution in [0.2, 0.25) is 0 Å². The van der Waals surface area contributed by atoms with E-state index >= 15 is 0 Å². The highest BCUT2D eigenvalue weighted by molar-refractivity contribution is 7.89. The van der Waals surface area contributed by atoms with Crippen LogP contribution in [0.3, 0.4) is 0 Å². The molecule has 1 saturated heterocycles. The van der Waals surface area contributed by atoms with Crippen LogP contribution in [0.4, 0.5) is 0 Å². The minimum atomic E-state index is -3.47. The number of hydrogen-bond donors (Lipinski definition) is 1. The van der Waals surface area contributed by atoms with Crippen LogP contribution in [0.1, 0.15) is 24.2 Å². The lowest BCUT2D eigenvalue weighted by Gasteiger charge is -2.26. The van der Waals surface area contributed by atoms with Gasteiger partial charge in [-0.3, -0.25) is 5.10 Å². The Morgan fingerprint density at radius 3 is 2.42 bits per heavy atom. The lowest BCUT2D eigenvalue weighted by Crippen LogP contribution is -2.39. The first-order valence-corrected chi connectivity index (χ1v) is 7.51. The van der Waals surface area contributed by atoms with E-state index < -0.39 is 10.0 Å². The number of aromatic nitrogens is 2. The number of hydrogen-bond acceptors (Lipinski definition) is 5. The van der Waals surface area contributed by atoms with Gasteiger partial charge in [0.05, 0.1) is 17.1 Å². The van der Waals surface area contributed by atoms with Gasteiger partial charge in [-0.2, -0.15) is 9.40 Å². The second-order valence-corrected chi connectivity index (χ2v) is 6.38. The molecule has 1 fully saturated rings. The van der Waals surface area contributed by atoms with Gasteiger partial charge in [0.2, 0.25) is 10.0 Å². The van der Waals surface area contributed by atoms with Crippen molar-refractivity contribution in [2.45, 2.75) is 31.6 Å². The zero-order chi connectivity index (χ0) is 14.0. The maximum atomic E-state index is 12.5. The topological polar surface area (TPSA) is 87.7 Å². The minimum Gasteiger partial charge on any atom is -0.399 e. The van der Waals surface area contributed by atoms with Crippen LogP contribution >= 0.6 is 0 Å². The number of piperidine rings is 1. The average molecular weight is 286 g/mol. The summed E-state index contributed by atoms with van der Waals surface area (Å²) >= 11 is 0. The Hall–Kier alpha value is -1.41. The first-order valence-electron chi connectivity index (χ1n) is 6.07. The molecule has 0 bridgehead atoms. The monoisotopic (exact) mass is 286 g/mol. The molecule has 7 nitrogen and oxygen atoms in total. The summed E-state index contributed by atoms with van der Waals surface area (Å²) < 4.78 is 26.6. The smallest absolute Gasteiger partial charge is 0.246 e. The van der Waals surface area contributed by atoms with Gasteiger partial charge in [-0.05, 0) is 13.8 Å². The van der Waals surface area contributed by atoms with Gasteiger partial charge >= 0.3 is 0 Å². The molecule has 0 radical (unpaired) electrons. The highest BCUT2D eigenvalue weighted by Crippen LogP contribution is 2.24. The fourth-order valence-electron chi connectivity index (χ4n) is 2.25. The van der Waals surface area contributed by atoms with E-state index in [0.29, 0.717) is 42.2 Å². The van der Waals surface area contributed by atoms with Crippen molar-refractivity contribution in [3.63, 3.8) is 0 Å². The van der Waals surface area contributed by atoms with Crippen LogP contribution in [0, 0.1) is 13.8 Å². The number of nitrogens with zero attached hydrogens (tertiary/aromatic N) is 3. The molecule has 0 unspecified atom stereocenters. The molecule has 2 heterocycles. The third kappa shape index (κ3) is 2.64.